The Labute approximate surface area is 236 Å². The highest BCUT2D eigenvalue weighted by Gasteiger charge is 2.28. The lowest BCUT2D eigenvalue weighted by molar-refractivity contribution is 0.170. The number of anilines is 4. The second kappa shape index (κ2) is 12.1. The third-order valence-electron chi connectivity index (χ3n) is 8.33. The van der Waals surface area contributed by atoms with Crippen LogP contribution in [0.3, 0.4) is 0 Å². The summed E-state index contributed by atoms with van der Waals surface area (Å²) in [5.41, 5.74) is 10.6. The van der Waals surface area contributed by atoms with Gasteiger partial charge in [-0.05, 0) is 63.1 Å². The summed E-state index contributed by atoms with van der Waals surface area (Å²) in [7, 11) is 2.16. The van der Waals surface area contributed by atoms with Crippen LogP contribution in [0.1, 0.15) is 51.5 Å². The molecule has 39 heavy (non-hydrogen) atoms. The number of aromatic nitrogens is 2. The standard InChI is InChI=1S/C30H39ClFN7/c1-19-16-39(17-20(2)38(19)3)27-12-10-22(14-26(27)37-30-28(33)29(31)35-18-36-30)24-11-9-21(13-25(24)32)15-34-23-7-5-4-6-8-23/h9-14,18-20,23,34H,4-8,15-17,33H2,1-3H3,(H,35,36,37)/t19-,20+. The molecule has 0 amide bonds. The molecule has 2 fully saturated rings. The first kappa shape index (κ1) is 27.6. The minimum atomic E-state index is -0.233. The molecule has 2 atom stereocenters. The zero-order valence-electron chi connectivity index (χ0n) is 23.1. The topological polar surface area (TPSA) is 82.3 Å². The maximum Gasteiger partial charge on any atom is 0.158 e. The Kier molecular flexibility index (Phi) is 8.54. The van der Waals surface area contributed by atoms with Crippen molar-refractivity contribution in [2.75, 3.05) is 36.1 Å². The summed E-state index contributed by atoms with van der Waals surface area (Å²) in [5, 5.41) is 7.16. The van der Waals surface area contributed by atoms with Gasteiger partial charge in [0.05, 0.1) is 11.4 Å². The molecule has 4 N–H and O–H groups in total. The molecule has 7 nitrogen and oxygen atoms in total. The number of rotatable bonds is 7. The maximum absolute atomic E-state index is 15.5. The molecule has 3 aromatic rings. The zero-order chi connectivity index (χ0) is 27.5. The number of likely N-dealkylation sites (N-methyl/N-ethyl adjacent to an activating group) is 1. The van der Waals surface area contributed by atoms with Crippen LogP contribution in [0.5, 0.6) is 0 Å². The first-order chi connectivity index (χ1) is 18.8. The van der Waals surface area contributed by atoms with Crippen molar-refractivity contribution < 1.29 is 4.39 Å². The van der Waals surface area contributed by atoms with Gasteiger partial charge in [-0.2, -0.15) is 0 Å². The molecule has 0 bridgehead atoms. The summed E-state index contributed by atoms with van der Waals surface area (Å²) in [4.78, 5) is 13.0. The van der Waals surface area contributed by atoms with Crippen LogP contribution in [0.2, 0.25) is 5.15 Å². The van der Waals surface area contributed by atoms with Crippen molar-refractivity contribution >= 4 is 34.5 Å². The lowest BCUT2D eigenvalue weighted by Gasteiger charge is -2.44. The molecule has 1 aliphatic heterocycles. The van der Waals surface area contributed by atoms with Gasteiger partial charge in [0, 0.05) is 43.3 Å². The second-order valence-electron chi connectivity index (χ2n) is 11.1. The van der Waals surface area contributed by atoms with Gasteiger partial charge in [0.15, 0.2) is 11.0 Å². The van der Waals surface area contributed by atoms with Gasteiger partial charge >= 0.3 is 0 Å². The van der Waals surface area contributed by atoms with Crippen LogP contribution in [0.15, 0.2) is 42.7 Å². The van der Waals surface area contributed by atoms with Gasteiger partial charge in [-0.15, -0.1) is 0 Å². The largest absolute Gasteiger partial charge is 0.393 e. The number of hydrogen-bond acceptors (Lipinski definition) is 7. The van der Waals surface area contributed by atoms with Crippen LogP contribution in [0.25, 0.3) is 11.1 Å². The number of nitrogens with one attached hydrogen (secondary N) is 2. The number of benzene rings is 2. The van der Waals surface area contributed by atoms with Gasteiger partial charge in [0.1, 0.15) is 17.8 Å². The van der Waals surface area contributed by atoms with Crippen LogP contribution < -0.4 is 21.3 Å². The molecule has 5 rings (SSSR count). The fraction of sp³-hybridized carbons (Fsp3) is 0.467. The molecule has 208 valence electrons. The van der Waals surface area contributed by atoms with E-state index in [1.165, 1.54) is 38.4 Å². The Morgan fingerprint density at radius 2 is 1.77 bits per heavy atom. The summed E-state index contributed by atoms with van der Waals surface area (Å²) >= 11 is 6.17. The van der Waals surface area contributed by atoms with Crippen molar-refractivity contribution in [3.05, 3.63) is 59.3 Å². The van der Waals surface area contributed by atoms with E-state index in [2.05, 4.69) is 57.4 Å². The van der Waals surface area contributed by atoms with E-state index in [-0.39, 0.29) is 16.7 Å². The van der Waals surface area contributed by atoms with Crippen molar-refractivity contribution in [2.24, 2.45) is 0 Å². The van der Waals surface area contributed by atoms with Gasteiger partial charge < -0.3 is 21.3 Å². The van der Waals surface area contributed by atoms with Crippen molar-refractivity contribution in [3.8, 4) is 11.1 Å². The van der Waals surface area contributed by atoms with Crippen LogP contribution in [0.4, 0.5) is 27.3 Å². The Bertz CT molecular complexity index is 1280. The summed E-state index contributed by atoms with van der Waals surface area (Å²) in [5.74, 6) is 0.191. The van der Waals surface area contributed by atoms with Gasteiger partial charge in [0.2, 0.25) is 0 Å². The Balaban J connectivity index is 1.44. The first-order valence-electron chi connectivity index (χ1n) is 14.0. The van der Waals surface area contributed by atoms with Crippen molar-refractivity contribution in [1.29, 1.82) is 0 Å². The van der Waals surface area contributed by atoms with E-state index >= 15 is 4.39 Å². The molecule has 0 spiro atoms. The fourth-order valence-electron chi connectivity index (χ4n) is 5.75. The van der Waals surface area contributed by atoms with Crippen molar-refractivity contribution in [1.82, 2.24) is 20.2 Å². The van der Waals surface area contributed by atoms with Gasteiger partial charge in [-0.25, -0.2) is 14.4 Å². The van der Waals surface area contributed by atoms with Gasteiger partial charge in [-0.1, -0.05) is 49.1 Å². The van der Waals surface area contributed by atoms with E-state index < -0.39 is 0 Å². The van der Waals surface area contributed by atoms with Crippen LogP contribution in [-0.4, -0.2) is 53.1 Å². The molecule has 2 aromatic carbocycles. The lowest BCUT2D eigenvalue weighted by atomic mass is 9.95. The third-order valence-corrected chi connectivity index (χ3v) is 8.63. The number of nitrogens with zero attached hydrogens (tertiary/aromatic N) is 4. The Morgan fingerprint density at radius 1 is 1.03 bits per heavy atom. The average molecular weight is 552 g/mol. The number of piperazine rings is 1. The number of halogens is 2. The monoisotopic (exact) mass is 551 g/mol. The van der Waals surface area contributed by atoms with Crippen LogP contribution in [0, 0.1) is 5.82 Å². The molecule has 9 heteroatoms. The van der Waals surface area contributed by atoms with Gasteiger partial charge in [-0.3, -0.25) is 4.90 Å². The molecule has 0 unspecified atom stereocenters. The predicted molar refractivity (Wildman–Crippen MR) is 159 cm³/mol. The van der Waals surface area contributed by atoms with Crippen LogP contribution >= 0.6 is 11.6 Å². The second-order valence-corrected chi connectivity index (χ2v) is 11.4. The molecule has 0 radical (unpaired) electrons. The predicted octanol–water partition coefficient (Wildman–Crippen LogP) is 6.21. The SMILES string of the molecule is C[C@@H]1CN(c2ccc(-c3ccc(CNC4CCCCC4)cc3F)cc2Nc2ncnc(Cl)c2N)C[C@H](C)N1C. The van der Waals surface area contributed by atoms with Crippen molar-refractivity contribution in [2.45, 2.75) is 70.6 Å². The molecule has 1 aromatic heterocycles. The number of nitrogen functional groups attached to an aromatic ring is 1. The zero-order valence-corrected chi connectivity index (χ0v) is 23.8. The smallest absolute Gasteiger partial charge is 0.158 e. The minimum Gasteiger partial charge on any atom is -0.393 e. The molecular formula is C30H39ClFN7. The molecule has 1 saturated carbocycles. The Hall–Kier alpha value is -2.94. The van der Waals surface area contributed by atoms with E-state index in [1.807, 2.05) is 24.3 Å². The van der Waals surface area contributed by atoms with E-state index in [4.69, 9.17) is 17.3 Å². The summed E-state index contributed by atoms with van der Waals surface area (Å²) in [6.07, 6.45) is 7.66. The quantitative estimate of drug-likeness (QED) is 0.301. The first-order valence-corrected chi connectivity index (χ1v) is 14.3. The molecular weight excluding hydrogens is 513 g/mol. The fourth-order valence-corrected chi connectivity index (χ4v) is 5.89. The molecule has 1 saturated heterocycles. The third kappa shape index (κ3) is 6.29. The maximum atomic E-state index is 15.5. The highest BCUT2D eigenvalue weighted by Crippen LogP contribution is 2.37. The van der Waals surface area contributed by atoms with Gasteiger partial charge in [0.25, 0.3) is 0 Å². The Morgan fingerprint density at radius 3 is 2.49 bits per heavy atom. The van der Waals surface area contributed by atoms with E-state index in [0.717, 1.165) is 35.6 Å². The molecule has 2 aliphatic rings. The summed E-state index contributed by atoms with van der Waals surface area (Å²) < 4.78 is 15.5. The summed E-state index contributed by atoms with van der Waals surface area (Å²) in [6, 6.07) is 12.9. The van der Waals surface area contributed by atoms with Crippen LogP contribution in [-0.2, 0) is 6.54 Å². The molecule has 2 heterocycles. The average Bonchev–Trinajstić information content (AvgIpc) is 2.93. The number of nitrogens with two attached hydrogens (primary N) is 1. The summed E-state index contributed by atoms with van der Waals surface area (Å²) in [6.45, 7) is 6.87. The highest BCUT2D eigenvalue weighted by molar-refractivity contribution is 6.32. The normalized spacial score (nSPS) is 20.8. The highest BCUT2D eigenvalue weighted by atomic mass is 35.5. The van der Waals surface area contributed by atoms with E-state index in [1.54, 1.807) is 6.07 Å². The van der Waals surface area contributed by atoms with Crippen molar-refractivity contribution in [3.63, 3.8) is 0 Å². The number of hydrogen-bond donors (Lipinski definition) is 3. The van der Waals surface area contributed by atoms with E-state index in [9.17, 15) is 0 Å². The lowest BCUT2D eigenvalue weighted by Crippen LogP contribution is -2.55. The van der Waals surface area contributed by atoms with E-state index in [0.29, 0.717) is 36.1 Å². The molecule has 1 aliphatic carbocycles. The minimum absolute atomic E-state index is 0.190.